The Bertz CT molecular complexity index is 1020. The zero-order valence-corrected chi connectivity index (χ0v) is 13.8. The van der Waals surface area contributed by atoms with E-state index >= 15 is 0 Å². The van der Waals surface area contributed by atoms with Gasteiger partial charge in [-0.1, -0.05) is 0 Å². The van der Waals surface area contributed by atoms with Gasteiger partial charge in [0.1, 0.15) is 6.54 Å². The van der Waals surface area contributed by atoms with Crippen LogP contribution in [0, 0.1) is 11.3 Å². The van der Waals surface area contributed by atoms with Crippen LogP contribution in [0.4, 0.5) is 5.69 Å². The van der Waals surface area contributed by atoms with E-state index in [0.717, 1.165) is 5.56 Å². The minimum atomic E-state index is -0.137. The van der Waals surface area contributed by atoms with Crippen molar-refractivity contribution in [3.63, 3.8) is 0 Å². The summed E-state index contributed by atoms with van der Waals surface area (Å²) in [4.78, 5) is 27.0. The first-order valence-electron chi connectivity index (χ1n) is 7.77. The highest BCUT2D eigenvalue weighted by Gasteiger charge is 2.30. The van der Waals surface area contributed by atoms with Gasteiger partial charge in [-0.2, -0.15) is 10.4 Å². The Morgan fingerprint density at radius 3 is 2.81 bits per heavy atom. The summed E-state index contributed by atoms with van der Waals surface area (Å²) in [5.74, 6) is -0.137. The highest BCUT2D eigenvalue weighted by molar-refractivity contribution is 6.09. The number of aromatic nitrogens is 5. The third-order valence-electron chi connectivity index (χ3n) is 4.03. The number of nitriles is 1. The lowest BCUT2D eigenvalue weighted by Gasteiger charge is -2.11. The quantitative estimate of drug-likeness (QED) is 0.702. The summed E-state index contributed by atoms with van der Waals surface area (Å²) in [6, 6.07) is 5.82. The second-order valence-electron chi connectivity index (χ2n) is 5.59. The number of amides is 1. The van der Waals surface area contributed by atoms with Crippen molar-refractivity contribution in [1.82, 2.24) is 24.7 Å². The Kier molecular flexibility index (Phi) is 3.78. The van der Waals surface area contributed by atoms with Gasteiger partial charge < -0.3 is 4.74 Å². The van der Waals surface area contributed by atoms with Gasteiger partial charge in [-0.3, -0.25) is 14.4 Å². The molecule has 0 atom stereocenters. The van der Waals surface area contributed by atoms with Crippen LogP contribution >= 0.6 is 0 Å². The number of rotatable bonds is 4. The van der Waals surface area contributed by atoms with Crippen LogP contribution in [0.2, 0.25) is 0 Å². The molecule has 0 bridgehead atoms. The fourth-order valence-corrected chi connectivity index (χ4v) is 2.76. The smallest absolute Gasteiger partial charge is 0.316 e. The van der Waals surface area contributed by atoms with Crippen LogP contribution in [-0.2, 0) is 13.1 Å². The number of hydrogen-bond donors (Lipinski definition) is 0. The van der Waals surface area contributed by atoms with Gasteiger partial charge in [-0.25, -0.2) is 15.0 Å². The summed E-state index contributed by atoms with van der Waals surface area (Å²) in [5, 5.41) is 12.8. The number of carbonyl (C=O) groups excluding carboxylic acids is 1. The standard InChI is InChI=1S/C17H13N7O2/c1-26-17-19-6-11(7-20-17)14-3-2-13-15(22-14)10-24(16(13)25)12-8-21-23(9-12)5-4-18/h2-3,6-9H,5,10H2,1H3. The summed E-state index contributed by atoms with van der Waals surface area (Å²) >= 11 is 0. The van der Waals surface area contributed by atoms with Crippen LogP contribution < -0.4 is 9.64 Å². The molecule has 0 aromatic carbocycles. The molecular weight excluding hydrogens is 334 g/mol. The van der Waals surface area contributed by atoms with Gasteiger partial charge in [0.2, 0.25) is 0 Å². The molecule has 0 spiro atoms. The molecule has 0 fully saturated rings. The molecule has 3 aromatic rings. The average Bonchev–Trinajstić information content (AvgIpc) is 3.26. The number of methoxy groups -OCH3 is 1. The molecule has 0 aliphatic carbocycles. The van der Waals surface area contributed by atoms with E-state index in [4.69, 9.17) is 10.00 Å². The van der Waals surface area contributed by atoms with Crippen LogP contribution in [0.15, 0.2) is 36.9 Å². The molecule has 26 heavy (non-hydrogen) atoms. The van der Waals surface area contributed by atoms with Gasteiger partial charge in [0, 0.05) is 24.2 Å². The maximum atomic E-state index is 12.6. The summed E-state index contributed by atoms with van der Waals surface area (Å²) < 4.78 is 6.44. The molecule has 0 unspecified atom stereocenters. The summed E-state index contributed by atoms with van der Waals surface area (Å²) in [5.41, 5.74) is 3.28. The van der Waals surface area contributed by atoms with Crippen LogP contribution in [-0.4, -0.2) is 37.7 Å². The van der Waals surface area contributed by atoms with Crippen molar-refractivity contribution in [2.75, 3.05) is 12.0 Å². The number of hydrogen-bond acceptors (Lipinski definition) is 7. The zero-order chi connectivity index (χ0) is 18.1. The van der Waals surface area contributed by atoms with E-state index in [9.17, 15) is 4.79 Å². The van der Waals surface area contributed by atoms with Crippen LogP contribution in [0.25, 0.3) is 11.3 Å². The molecule has 128 valence electrons. The number of anilines is 1. The number of ether oxygens (including phenoxy) is 1. The minimum Gasteiger partial charge on any atom is -0.467 e. The van der Waals surface area contributed by atoms with E-state index in [1.54, 1.807) is 41.8 Å². The van der Waals surface area contributed by atoms with Gasteiger partial charge >= 0.3 is 6.01 Å². The number of carbonyl (C=O) groups is 1. The Labute approximate surface area is 148 Å². The Morgan fingerprint density at radius 2 is 2.08 bits per heavy atom. The van der Waals surface area contributed by atoms with Gasteiger partial charge in [-0.15, -0.1) is 0 Å². The number of nitrogens with zero attached hydrogens (tertiary/aromatic N) is 7. The molecule has 4 heterocycles. The van der Waals surface area contributed by atoms with Gasteiger partial charge in [-0.05, 0) is 12.1 Å². The SMILES string of the molecule is COc1ncc(-c2ccc3c(n2)CN(c2cnn(CC#N)c2)C3=O)cn1. The zero-order valence-electron chi connectivity index (χ0n) is 13.8. The first-order valence-corrected chi connectivity index (χ1v) is 7.77. The summed E-state index contributed by atoms with van der Waals surface area (Å²) in [6.45, 7) is 0.478. The Balaban J connectivity index is 1.62. The predicted octanol–water partition coefficient (Wildman–Crippen LogP) is 1.43. The Hall–Kier alpha value is -3.80. The normalized spacial score (nSPS) is 12.8. The van der Waals surface area contributed by atoms with Crippen LogP contribution in [0.5, 0.6) is 6.01 Å². The molecule has 9 heteroatoms. The van der Waals surface area contributed by atoms with Crippen molar-refractivity contribution in [2.45, 2.75) is 13.1 Å². The fourth-order valence-electron chi connectivity index (χ4n) is 2.76. The van der Waals surface area contributed by atoms with Gasteiger partial charge in [0.15, 0.2) is 0 Å². The van der Waals surface area contributed by atoms with Crippen LogP contribution in [0.1, 0.15) is 16.1 Å². The third-order valence-corrected chi connectivity index (χ3v) is 4.03. The van der Waals surface area contributed by atoms with E-state index in [2.05, 4.69) is 20.1 Å². The van der Waals surface area contributed by atoms with Crippen LogP contribution in [0.3, 0.4) is 0 Å². The van der Waals surface area contributed by atoms with E-state index in [1.165, 1.54) is 11.8 Å². The summed E-state index contributed by atoms with van der Waals surface area (Å²) in [7, 11) is 1.50. The number of fused-ring (bicyclic) bond motifs is 1. The molecule has 0 N–H and O–H groups in total. The van der Waals surface area contributed by atoms with E-state index in [1.807, 2.05) is 6.07 Å². The monoisotopic (exact) mass is 347 g/mol. The molecule has 0 saturated carbocycles. The van der Waals surface area contributed by atoms with Gasteiger partial charge in [0.25, 0.3) is 5.91 Å². The third kappa shape index (κ3) is 2.63. The molecule has 0 radical (unpaired) electrons. The van der Waals surface area contributed by atoms with Crippen molar-refractivity contribution < 1.29 is 9.53 Å². The van der Waals surface area contributed by atoms with E-state index < -0.39 is 0 Å². The molecule has 0 saturated heterocycles. The van der Waals surface area contributed by atoms with Crippen molar-refractivity contribution >= 4 is 11.6 Å². The van der Waals surface area contributed by atoms with Gasteiger partial charge in [0.05, 0.1) is 48.6 Å². The highest BCUT2D eigenvalue weighted by atomic mass is 16.5. The summed E-state index contributed by atoms with van der Waals surface area (Å²) in [6.07, 6.45) is 6.49. The van der Waals surface area contributed by atoms with E-state index in [0.29, 0.717) is 29.2 Å². The fraction of sp³-hybridized carbons (Fsp3) is 0.176. The highest BCUT2D eigenvalue weighted by Crippen LogP contribution is 2.29. The topological polar surface area (TPSA) is 110 Å². The molecule has 4 rings (SSSR count). The van der Waals surface area contributed by atoms with Crippen molar-refractivity contribution in [3.05, 3.63) is 48.2 Å². The minimum absolute atomic E-state index is 0.134. The lowest BCUT2D eigenvalue weighted by molar-refractivity contribution is 0.0996. The molecular formula is C17H13N7O2. The molecule has 1 aliphatic rings. The number of pyridine rings is 1. The van der Waals surface area contributed by atoms with Crippen molar-refractivity contribution in [3.8, 4) is 23.3 Å². The largest absolute Gasteiger partial charge is 0.467 e. The Morgan fingerprint density at radius 1 is 1.27 bits per heavy atom. The molecule has 9 nitrogen and oxygen atoms in total. The predicted molar refractivity (Wildman–Crippen MR) is 90.2 cm³/mol. The molecule has 1 amide bonds. The van der Waals surface area contributed by atoms with E-state index in [-0.39, 0.29) is 18.5 Å². The molecule has 3 aromatic heterocycles. The first-order chi connectivity index (χ1) is 12.7. The lowest BCUT2D eigenvalue weighted by Crippen LogP contribution is -2.22. The van der Waals surface area contributed by atoms with Crippen molar-refractivity contribution in [2.24, 2.45) is 0 Å². The molecule has 1 aliphatic heterocycles. The second-order valence-corrected chi connectivity index (χ2v) is 5.59. The first kappa shape index (κ1) is 15.7. The average molecular weight is 347 g/mol. The maximum absolute atomic E-state index is 12.6. The van der Waals surface area contributed by atoms with Crippen molar-refractivity contribution in [1.29, 1.82) is 5.26 Å². The maximum Gasteiger partial charge on any atom is 0.316 e. The second kappa shape index (κ2) is 6.25. The lowest BCUT2D eigenvalue weighted by atomic mass is 10.1.